The third kappa shape index (κ3) is 4.19. The van der Waals surface area contributed by atoms with Gasteiger partial charge in [0.1, 0.15) is 4.90 Å². The van der Waals surface area contributed by atoms with Crippen molar-refractivity contribution in [3.05, 3.63) is 48.3 Å². The summed E-state index contributed by atoms with van der Waals surface area (Å²) in [5.41, 5.74) is 6.94. The standard InChI is InChI=1S/C16H22N4O2S/c17-14-6-8-15(9-7-14)19-23(21,22)16-10-18-20(12-16)11-13-4-2-1-3-5-13/h1-5,10,12,14-15,19H,6-9,11,17H2. The SMILES string of the molecule is NC1CCC(NS(=O)(=O)c2cnn(Cc3ccccc3)c2)CC1. The molecule has 0 unspecified atom stereocenters. The predicted octanol–water partition coefficient (Wildman–Crippen LogP) is 1.48. The van der Waals surface area contributed by atoms with Gasteiger partial charge in [-0.15, -0.1) is 0 Å². The van der Waals surface area contributed by atoms with E-state index in [0.717, 1.165) is 31.2 Å². The largest absolute Gasteiger partial charge is 0.328 e. The minimum absolute atomic E-state index is 0.0303. The molecule has 0 amide bonds. The number of aromatic nitrogens is 2. The molecule has 1 heterocycles. The summed E-state index contributed by atoms with van der Waals surface area (Å²) in [4.78, 5) is 0.211. The third-order valence-corrected chi connectivity index (χ3v) is 5.68. The Bertz CT molecular complexity index is 734. The average molecular weight is 334 g/mol. The van der Waals surface area contributed by atoms with Gasteiger partial charge in [0.15, 0.2) is 0 Å². The van der Waals surface area contributed by atoms with Crippen LogP contribution in [-0.4, -0.2) is 30.3 Å². The molecule has 6 nitrogen and oxygen atoms in total. The van der Waals surface area contributed by atoms with Gasteiger partial charge < -0.3 is 5.73 Å². The monoisotopic (exact) mass is 334 g/mol. The second kappa shape index (κ2) is 6.82. The predicted molar refractivity (Wildman–Crippen MR) is 88.3 cm³/mol. The topological polar surface area (TPSA) is 90.0 Å². The van der Waals surface area contributed by atoms with Gasteiger partial charge in [0.25, 0.3) is 0 Å². The van der Waals surface area contributed by atoms with Crippen LogP contribution < -0.4 is 10.5 Å². The molecular weight excluding hydrogens is 312 g/mol. The number of nitrogens with one attached hydrogen (secondary N) is 1. The first kappa shape index (κ1) is 16.2. The molecule has 1 aliphatic carbocycles. The number of sulfonamides is 1. The number of nitrogens with zero attached hydrogens (tertiary/aromatic N) is 2. The summed E-state index contributed by atoms with van der Waals surface area (Å²) >= 11 is 0. The zero-order chi connectivity index (χ0) is 16.3. The fraction of sp³-hybridized carbons (Fsp3) is 0.438. The first-order valence-corrected chi connectivity index (χ1v) is 9.35. The number of rotatable bonds is 5. The molecule has 0 radical (unpaired) electrons. The summed E-state index contributed by atoms with van der Waals surface area (Å²) in [6.07, 6.45) is 6.28. The molecule has 1 aliphatic rings. The summed E-state index contributed by atoms with van der Waals surface area (Å²) in [5.74, 6) is 0. The van der Waals surface area contributed by atoms with Gasteiger partial charge in [-0.05, 0) is 31.2 Å². The fourth-order valence-corrected chi connectivity index (χ4v) is 4.12. The lowest BCUT2D eigenvalue weighted by atomic mass is 9.93. The van der Waals surface area contributed by atoms with Crippen molar-refractivity contribution in [2.75, 3.05) is 0 Å². The number of hydrogen-bond donors (Lipinski definition) is 2. The van der Waals surface area contributed by atoms with Crippen molar-refractivity contribution in [2.24, 2.45) is 5.73 Å². The minimum atomic E-state index is -3.52. The van der Waals surface area contributed by atoms with Gasteiger partial charge in [-0.2, -0.15) is 5.10 Å². The van der Waals surface area contributed by atoms with Crippen LogP contribution >= 0.6 is 0 Å². The maximum absolute atomic E-state index is 12.5. The number of nitrogens with two attached hydrogens (primary N) is 1. The Kier molecular flexibility index (Phi) is 4.79. The van der Waals surface area contributed by atoms with E-state index < -0.39 is 10.0 Å². The van der Waals surface area contributed by atoms with Crippen LogP contribution in [0, 0.1) is 0 Å². The molecule has 3 N–H and O–H groups in total. The zero-order valence-corrected chi connectivity index (χ0v) is 13.7. The van der Waals surface area contributed by atoms with Gasteiger partial charge in [-0.25, -0.2) is 13.1 Å². The first-order valence-electron chi connectivity index (χ1n) is 7.87. The highest BCUT2D eigenvalue weighted by atomic mass is 32.2. The van der Waals surface area contributed by atoms with Gasteiger partial charge in [-0.3, -0.25) is 4.68 Å². The van der Waals surface area contributed by atoms with Crippen LogP contribution in [0.25, 0.3) is 0 Å². The van der Waals surface area contributed by atoms with E-state index in [-0.39, 0.29) is 17.0 Å². The van der Waals surface area contributed by atoms with Gasteiger partial charge in [0.05, 0.1) is 12.7 Å². The van der Waals surface area contributed by atoms with Gasteiger partial charge in [0.2, 0.25) is 10.0 Å². The van der Waals surface area contributed by atoms with Crippen molar-refractivity contribution in [3.8, 4) is 0 Å². The van der Waals surface area contributed by atoms with E-state index in [2.05, 4.69) is 9.82 Å². The molecule has 0 atom stereocenters. The minimum Gasteiger partial charge on any atom is -0.328 e. The summed E-state index contributed by atoms with van der Waals surface area (Å²) in [6.45, 7) is 0.550. The molecule has 7 heteroatoms. The lowest BCUT2D eigenvalue weighted by Gasteiger charge is -2.26. The first-order chi connectivity index (χ1) is 11.0. The van der Waals surface area contributed by atoms with E-state index in [1.165, 1.54) is 6.20 Å². The van der Waals surface area contributed by atoms with Crippen molar-refractivity contribution in [3.63, 3.8) is 0 Å². The Labute approximate surface area is 136 Å². The normalized spacial score (nSPS) is 22.1. The molecule has 23 heavy (non-hydrogen) atoms. The smallest absolute Gasteiger partial charge is 0.243 e. The Morgan fingerprint density at radius 1 is 1.17 bits per heavy atom. The summed E-state index contributed by atoms with van der Waals surface area (Å²) in [6, 6.07) is 9.99. The summed E-state index contributed by atoms with van der Waals surface area (Å²) in [5, 5.41) is 4.16. The molecule has 0 aliphatic heterocycles. The number of benzene rings is 1. The van der Waals surface area contributed by atoms with Crippen LogP contribution in [0.15, 0.2) is 47.6 Å². The molecule has 3 rings (SSSR count). The van der Waals surface area contributed by atoms with Crippen LogP contribution in [0.2, 0.25) is 0 Å². The van der Waals surface area contributed by atoms with Gasteiger partial charge in [0, 0.05) is 18.3 Å². The van der Waals surface area contributed by atoms with Crippen LogP contribution in [0.5, 0.6) is 0 Å². The molecule has 1 fully saturated rings. The highest BCUT2D eigenvalue weighted by Crippen LogP contribution is 2.19. The maximum atomic E-state index is 12.5. The zero-order valence-electron chi connectivity index (χ0n) is 12.9. The Morgan fingerprint density at radius 2 is 1.87 bits per heavy atom. The highest BCUT2D eigenvalue weighted by molar-refractivity contribution is 7.89. The Hall–Kier alpha value is -1.70. The maximum Gasteiger partial charge on any atom is 0.243 e. The molecule has 1 aromatic carbocycles. The Balaban J connectivity index is 1.66. The van der Waals surface area contributed by atoms with Crippen molar-refractivity contribution in [1.82, 2.24) is 14.5 Å². The lowest BCUT2D eigenvalue weighted by molar-refractivity contribution is 0.373. The quantitative estimate of drug-likeness (QED) is 0.866. The molecule has 1 aromatic heterocycles. The Morgan fingerprint density at radius 3 is 2.57 bits per heavy atom. The van der Waals surface area contributed by atoms with E-state index in [0.29, 0.717) is 6.54 Å². The second-order valence-electron chi connectivity index (χ2n) is 6.09. The van der Waals surface area contributed by atoms with Gasteiger partial charge in [-0.1, -0.05) is 30.3 Å². The molecule has 2 aromatic rings. The number of hydrogen-bond acceptors (Lipinski definition) is 4. The molecule has 124 valence electrons. The third-order valence-electron chi connectivity index (χ3n) is 4.20. The molecule has 0 bridgehead atoms. The van der Waals surface area contributed by atoms with E-state index >= 15 is 0 Å². The van der Waals surface area contributed by atoms with Crippen molar-refractivity contribution in [2.45, 2.75) is 49.2 Å². The van der Waals surface area contributed by atoms with Crippen LogP contribution in [0.4, 0.5) is 0 Å². The summed E-state index contributed by atoms with van der Waals surface area (Å²) < 4.78 is 29.3. The van der Waals surface area contributed by atoms with E-state index in [4.69, 9.17) is 5.73 Å². The second-order valence-corrected chi connectivity index (χ2v) is 7.81. The lowest BCUT2D eigenvalue weighted by Crippen LogP contribution is -2.40. The fourth-order valence-electron chi connectivity index (χ4n) is 2.86. The van der Waals surface area contributed by atoms with E-state index in [1.54, 1.807) is 10.9 Å². The van der Waals surface area contributed by atoms with Crippen LogP contribution in [-0.2, 0) is 16.6 Å². The van der Waals surface area contributed by atoms with Crippen molar-refractivity contribution >= 4 is 10.0 Å². The molecular formula is C16H22N4O2S. The van der Waals surface area contributed by atoms with E-state index in [9.17, 15) is 8.42 Å². The highest BCUT2D eigenvalue weighted by Gasteiger charge is 2.25. The molecule has 0 saturated heterocycles. The van der Waals surface area contributed by atoms with Crippen LogP contribution in [0.3, 0.4) is 0 Å². The molecule has 1 saturated carbocycles. The van der Waals surface area contributed by atoms with Gasteiger partial charge >= 0.3 is 0 Å². The van der Waals surface area contributed by atoms with Crippen molar-refractivity contribution < 1.29 is 8.42 Å². The van der Waals surface area contributed by atoms with E-state index in [1.807, 2.05) is 30.3 Å². The summed E-state index contributed by atoms with van der Waals surface area (Å²) in [7, 11) is -3.52. The molecule has 0 spiro atoms. The average Bonchev–Trinajstić information content (AvgIpc) is 3.00. The van der Waals surface area contributed by atoms with Crippen molar-refractivity contribution in [1.29, 1.82) is 0 Å². The van der Waals surface area contributed by atoms with Crippen LogP contribution in [0.1, 0.15) is 31.2 Å².